The molecule has 0 saturated carbocycles. The van der Waals surface area contributed by atoms with Gasteiger partial charge in [0.2, 0.25) is 0 Å². The second-order valence-electron chi connectivity index (χ2n) is 7.91. The third kappa shape index (κ3) is 4.08. The molecule has 0 spiro atoms. The van der Waals surface area contributed by atoms with Crippen LogP contribution in [0.5, 0.6) is 0 Å². The van der Waals surface area contributed by atoms with Crippen molar-refractivity contribution in [2.45, 2.75) is 45.8 Å². The number of fused-ring (bicyclic) bond motifs is 1. The lowest BCUT2D eigenvalue weighted by Crippen LogP contribution is -2.49. The van der Waals surface area contributed by atoms with Crippen molar-refractivity contribution in [1.82, 2.24) is 19.8 Å². The number of hydrogen-bond acceptors (Lipinski definition) is 4. The summed E-state index contributed by atoms with van der Waals surface area (Å²) in [6, 6.07) is 10.1. The van der Waals surface area contributed by atoms with Crippen molar-refractivity contribution < 1.29 is 9.21 Å². The molecule has 0 bridgehead atoms. The number of carbonyl (C=O) groups is 1. The smallest absolute Gasteiger partial charge is 0.318 e. The number of nitrogens with zero attached hydrogens (tertiary/aromatic N) is 3. The number of amides is 2. The maximum Gasteiger partial charge on any atom is 0.318 e. The molecule has 1 atom stereocenters. The fourth-order valence-corrected chi connectivity index (χ4v) is 3.10. The highest BCUT2D eigenvalue weighted by Crippen LogP contribution is 2.22. The first kappa shape index (κ1) is 19.7. The molecule has 148 valence electrons. The standard InChI is InChI=1S/C21H26N4O3/c1-14(18-22-17-11-7-6-10-16(17)19(26)24(18)5)25(13-15-9-8-12-28-15)20(27)23-21(2,3)4/h6-12,14H,13H2,1-5H3,(H,23,27). The van der Waals surface area contributed by atoms with E-state index in [-0.39, 0.29) is 18.1 Å². The zero-order chi connectivity index (χ0) is 20.5. The van der Waals surface area contributed by atoms with Crippen LogP contribution in [0.2, 0.25) is 0 Å². The van der Waals surface area contributed by atoms with E-state index in [4.69, 9.17) is 4.42 Å². The summed E-state index contributed by atoms with van der Waals surface area (Å²) in [4.78, 5) is 32.1. The number of carbonyl (C=O) groups excluding carboxylic acids is 1. The predicted molar refractivity (Wildman–Crippen MR) is 108 cm³/mol. The van der Waals surface area contributed by atoms with Crippen LogP contribution < -0.4 is 10.9 Å². The number of nitrogens with one attached hydrogen (secondary N) is 1. The molecule has 2 aromatic heterocycles. The summed E-state index contributed by atoms with van der Waals surface area (Å²) >= 11 is 0. The van der Waals surface area contributed by atoms with E-state index in [1.54, 1.807) is 36.4 Å². The molecule has 0 aliphatic carbocycles. The molecule has 7 heteroatoms. The van der Waals surface area contributed by atoms with Crippen LogP contribution in [0.1, 0.15) is 45.3 Å². The Bertz CT molecular complexity index is 1030. The minimum absolute atomic E-state index is 0.137. The third-order valence-electron chi connectivity index (χ3n) is 4.51. The van der Waals surface area contributed by atoms with Gasteiger partial charge in [-0.3, -0.25) is 9.36 Å². The van der Waals surface area contributed by atoms with Crippen LogP contribution in [-0.2, 0) is 13.6 Å². The van der Waals surface area contributed by atoms with Crippen LogP contribution >= 0.6 is 0 Å². The first-order valence-electron chi connectivity index (χ1n) is 9.24. The van der Waals surface area contributed by atoms with Crippen molar-refractivity contribution in [2.75, 3.05) is 0 Å². The molecule has 0 saturated heterocycles. The minimum atomic E-state index is -0.449. The Morgan fingerprint density at radius 1 is 1.25 bits per heavy atom. The van der Waals surface area contributed by atoms with Crippen LogP contribution in [0.15, 0.2) is 51.9 Å². The lowest BCUT2D eigenvalue weighted by atomic mass is 10.1. The first-order chi connectivity index (χ1) is 13.2. The van der Waals surface area contributed by atoms with Gasteiger partial charge in [-0.25, -0.2) is 9.78 Å². The monoisotopic (exact) mass is 382 g/mol. The highest BCUT2D eigenvalue weighted by atomic mass is 16.3. The number of furan rings is 1. The molecule has 1 N–H and O–H groups in total. The van der Waals surface area contributed by atoms with Crippen molar-refractivity contribution in [3.63, 3.8) is 0 Å². The van der Waals surface area contributed by atoms with Gasteiger partial charge in [-0.2, -0.15) is 0 Å². The van der Waals surface area contributed by atoms with Gasteiger partial charge in [-0.15, -0.1) is 0 Å². The topological polar surface area (TPSA) is 80.4 Å². The Balaban J connectivity index is 2.04. The van der Waals surface area contributed by atoms with Crippen molar-refractivity contribution in [1.29, 1.82) is 0 Å². The van der Waals surface area contributed by atoms with Crippen molar-refractivity contribution in [2.24, 2.45) is 7.05 Å². The first-order valence-corrected chi connectivity index (χ1v) is 9.24. The Morgan fingerprint density at radius 3 is 2.61 bits per heavy atom. The van der Waals surface area contributed by atoms with Gasteiger partial charge >= 0.3 is 6.03 Å². The highest BCUT2D eigenvalue weighted by molar-refractivity contribution is 5.78. The Morgan fingerprint density at radius 2 is 1.96 bits per heavy atom. The van der Waals surface area contributed by atoms with E-state index < -0.39 is 11.6 Å². The van der Waals surface area contributed by atoms with Crippen LogP contribution in [0.3, 0.4) is 0 Å². The van der Waals surface area contributed by atoms with Gasteiger partial charge < -0.3 is 14.6 Å². The van der Waals surface area contributed by atoms with Crippen molar-refractivity contribution >= 4 is 16.9 Å². The molecular formula is C21H26N4O3. The summed E-state index contributed by atoms with van der Waals surface area (Å²) in [6.45, 7) is 7.89. The predicted octanol–water partition coefficient (Wildman–Crippen LogP) is 3.60. The number of aromatic nitrogens is 2. The van der Waals surface area contributed by atoms with Gasteiger partial charge in [0.1, 0.15) is 11.6 Å². The summed E-state index contributed by atoms with van der Waals surface area (Å²) in [5.74, 6) is 1.17. The van der Waals surface area contributed by atoms with Gasteiger partial charge in [0.25, 0.3) is 5.56 Å². The van der Waals surface area contributed by atoms with E-state index in [9.17, 15) is 9.59 Å². The summed E-state index contributed by atoms with van der Waals surface area (Å²) in [6.07, 6.45) is 1.57. The van der Waals surface area contributed by atoms with Gasteiger partial charge in [0, 0.05) is 12.6 Å². The van der Waals surface area contributed by atoms with Gasteiger partial charge in [-0.1, -0.05) is 12.1 Å². The molecule has 2 heterocycles. The molecule has 0 radical (unpaired) electrons. The average molecular weight is 382 g/mol. The fourth-order valence-electron chi connectivity index (χ4n) is 3.10. The summed E-state index contributed by atoms with van der Waals surface area (Å²) in [7, 11) is 1.68. The summed E-state index contributed by atoms with van der Waals surface area (Å²) in [5, 5.41) is 3.54. The van der Waals surface area contributed by atoms with Crippen molar-refractivity contribution in [3.8, 4) is 0 Å². The minimum Gasteiger partial charge on any atom is -0.467 e. The summed E-state index contributed by atoms with van der Waals surface area (Å²) in [5.41, 5.74) is 0.0734. The molecule has 0 aliphatic heterocycles. The number of benzene rings is 1. The van der Waals surface area contributed by atoms with E-state index in [1.807, 2.05) is 45.9 Å². The van der Waals surface area contributed by atoms with Crippen LogP contribution in [0.4, 0.5) is 4.79 Å². The maximum absolute atomic E-state index is 13.0. The largest absolute Gasteiger partial charge is 0.467 e. The van der Waals surface area contributed by atoms with Gasteiger partial charge in [0.15, 0.2) is 0 Å². The average Bonchev–Trinajstić information content (AvgIpc) is 3.14. The second-order valence-corrected chi connectivity index (χ2v) is 7.91. The van der Waals surface area contributed by atoms with Gasteiger partial charge in [0.05, 0.1) is 29.8 Å². The van der Waals surface area contributed by atoms with Crippen LogP contribution in [-0.4, -0.2) is 26.0 Å². The lowest BCUT2D eigenvalue weighted by Gasteiger charge is -2.32. The molecule has 7 nitrogen and oxygen atoms in total. The van der Waals surface area contributed by atoms with Gasteiger partial charge in [-0.05, 0) is 52.0 Å². The molecule has 2 amide bonds. The van der Waals surface area contributed by atoms with Crippen LogP contribution in [0, 0.1) is 0 Å². The van der Waals surface area contributed by atoms with E-state index in [0.717, 1.165) is 0 Å². The molecule has 28 heavy (non-hydrogen) atoms. The number of rotatable bonds is 4. The molecular weight excluding hydrogens is 356 g/mol. The lowest BCUT2D eigenvalue weighted by molar-refractivity contribution is 0.157. The van der Waals surface area contributed by atoms with E-state index >= 15 is 0 Å². The maximum atomic E-state index is 13.0. The molecule has 3 rings (SSSR count). The number of hydrogen-bond donors (Lipinski definition) is 1. The normalized spacial score (nSPS) is 12.8. The van der Waals surface area contributed by atoms with E-state index in [0.29, 0.717) is 22.5 Å². The number of para-hydroxylation sites is 1. The Labute approximate surface area is 164 Å². The number of urea groups is 1. The van der Waals surface area contributed by atoms with E-state index in [2.05, 4.69) is 10.3 Å². The van der Waals surface area contributed by atoms with Crippen LogP contribution in [0.25, 0.3) is 10.9 Å². The molecule has 1 unspecified atom stereocenters. The molecule has 3 aromatic rings. The summed E-state index contributed by atoms with van der Waals surface area (Å²) < 4.78 is 6.95. The zero-order valence-corrected chi connectivity index (χ0v) is 16.9. The molecule has 1 aromatic carbocycles. The van der Waals surface area contributed by atoms with E-state index in [1.165, 1.54) is 4.57 Å². The SMILES string of the molecule is CC(c1nc2ccccc2c(=O)n1C)N(Cc1ccco1)C(=O)NC(C)(C)C. The highest BCUT2D eigenvalue weighted by Gasteiger charge is 2.28. The molecule has 0 fully saturated rings. The fraction of sp³-hybridized carbons (Fsp3) is 0.381. The third-order valence-corrected chi connectivity index (χ3v) is 4.51. The Kier molecular flexibility index (Phi) is 5.27. The second kappa shape index (κ2) is 7.50. The zero-order valence-electron chi connectivity index (χ0n) is 16.9. The van der Waals surface area contributed by atoms with Crippen molar-refractivity contribution in [3.05, 3.63) is 64.6 Å². The quantitative estimate of drug-likeness (QED) is 0.748. The molecule has 0 aliphatic rings. The Hall–Kier alpha value is -3.09.